The van der Waals surface area contributed by atoms with E-state index in [9.17, 15) is 0 Å². The highest BCUT2D eigenvalue weighted by molar-refractivity contribution is 9.10. The average molecular weight is 294 g/mol. The number of ether oxygens (including phenoxy) is 1. The molecule has 0 saturated heterocycles. The predicted octanol–water partition coefficient (Wildman–Crippen LogP) is 4.28. The molecule has 1 saturated carbocycles. The largest absolute Gasteiger partial charge is 0.489 e. The van der Waals surface area contributed by atoms with Crippen LogP contribution in [0.25, 0.3) is 0 Å². The van der Waals surface area contributed by atoms with Crippen molar-refractivity contribution in [2.75, 3.05) is 0 Å². The minimum Gasteiger partial charge on any atom is -0.489 e. The number of nitriles is 1. The van der Waals surface area contributed by atoms with Crippen molar-refractivity contribution in [3.8, 4) is 11.8 Å². The van der Waals surface area contributed by atoms with E-state index in [4.69, 9.17) is 10.00 Å². The van der Waals surface area contributed by atoms with Gasteiger partial charge in [-0.05, 0) is 49.8 Å². The van der Waals surface area contributed by atoms with Crippen LogP contribution in [0.2, 0.25) is 0 Å². The summed E-state index contributed by atoms with van der Waals surface area (Å²) in [4.78, 5) is 0. The lowest BCUT2D eigenvalue weighted by molar-refractivity contribution is 0.135. The Balaban J connectivity index is 2.06. The van der Waals surface area contributed by atoms with Gasteiger partial charge in [-0.25, -0.2) is 0 Å². The molecule has 0 aliphatic heterocycles. The van der Waals surface area contributed by atoms with Crippen molar-refractivity contribution < 1.29 is 4.74 Å². The highest BCUT2D eigenvalue weighted by Gasteiger charge is 2.20. The fourth-order valence-corrected chi connectivity index (χ4v) is 2.58. The first-order chi connectivity index (χ1) is 8.19. The zero-order valence-corrected chi connectivity index (χ0v) is 11.5. The summed E-state index contributed by atoms with van der Waals surface area (Å²) >= 11 is 3.36. The predicted molar refractivity (Wildman–Crippen MR) is 70.9 cm³/mol. The van der Waals surface area contributed by atoms with Crippen LogP contribution in [-0.2, 0) is 0 Å². The second-order valence-electron chi connectivity index (χ2n) is 4.75. The number of hydrogen-bond donors (Lipinski definition) is 0. The van der Waals surface area contributed by atoms with Crippen LogP contribution < -0.4 is 4.74 Å². The zero-order valence-electron chi connectivity index (χ0n) is 9.95. The molecule has 1 aliphatic rings. The quantitative estimate of drug-likeness (QED) is 0.815. The fourth-order valence-electron chi connectivity index (χ4n) is 2.22. The van der Waals surface area contributed by atoms with Crippen molar-refractivity contribution in [2.24, 2.45) is 5.92 Å². The molecular weight excluding hydrogens is 278 g/mol. The van der Waals surface area contributed by atoms with Crippen LogP contribution in [-0.4, -0.2) is 6.10 Å². The molecule has 0 radical (unpaired) electrons. The van der Waals surface area contributed by atoms with Gasteiger partial charge in [-0.3, -0.25) is 0 Å². The lowest BCUT2D eigenvalue weighted by Crippen LogP contribution is -2.23. The van der Waals surface area contributed by atoms with Gasteiger partial charge in [0.15, 0.2) is 0 Å². The molecule has 1 aliphatic carbocycles. The molecule has 0 aromatic heterocycles. The Labute approximate surface area is 111 Å². The van der Waals surface area contributed by atoms with Gasteiger partial charge in [-0.1, -0.05) is 22.9 Å². The Morgan fingerprint density at radius 1 is 1.29 bits per heavy atom. The molecule has 1 aromatic rings. The summed E-state index contributed by atoms with van der Waals surface area (Å²) in [5, 5.41) is 9.06. The summed E-state index contributed by atoms with van der Waals surface area (Å²) in [6.45, 7) is 2.29. The van der Waals surface area contributed by atoms with Gasteiger partial charge in [-0.15, -0.1) is 0 Å². The van der Waals surface area contributed by atoms with Crippen molar-refractivity contribution >= 4 is 15.9 Å². The molecule has 0 unspecified atom stereocenters. The van der Waals surface area contributed by atoms with E-state index in [1.54, 1.807) is 6.07 Å². The molecule has 3 heteroatoms. The van der Waals surface area contributed by atoms with Crippen molar-refractivity contribution in [3.05, 3.63) is 28.2 Å². The van der Waals surface area contributed by atoms with Gasteiger partial charge in [-0.2, -0.15) is 5.26 Å². The number of hydrogen-bond acceptors (Lipinski definition) is 2. The SMILES string of the molecule is CC1CCC(Oc2ccc(Br)cc2C#N)CC1. The first kappa shape index (κ1) is 12.4. The normalized spacial score (nSPS) is 24.1. The molecule has 2 rings (SSSR count). The van der Waals surface area contributed by atoms with Gasteiger partial charge in [0.05, 0.1) is 11.7 Å². The van der Waals surface area contributed by atoms with Crippen LogP contribution in [0.3, 0.4) is 0 Å². The zero-order chi connectivity index (χ0) is 12.3. The molecular formula is C14H16BrNO. The third kappa shape index (κ3) is 3.23. The van der Waals surface area contributed by atoms with E-state index in [2.05, 4.69) is 28.9 Å². The van der Waals surface area contributed by atoms with Gasteiger partial charge in [0.25, 0.3) is 0 Å². The molecule has 2 nitrogen and oxygen atoms in total. The molecule has 1 fully saturated rings. The summed E-state index contributed by atoms with van der Waals surface area (Å²) in [7, 11) is 0. The van der Waals surface area contributed by atoms with Crippen LogP contribution in [0.4, 0.5) is 0 Å². The van der Waals surface area contributed by atoms with Gasteiger partial charge in [0.2, 0.25) is 0 Å². The van der Waals surface area contributed by atoms with Gasteiger partial charge < -0.3 is 4.74 Å². The Hall–Kier alpha value is -1.01. The smallest absolute Gasteiger partial charge is 0.137 e. The Morgan fingerprint density at radius 2 is 2.00 bits per heavy atom. The molecule has 17 heavy (non-hydrogen) atoms. The maximum Gasteiger partial charge on any atom is 0.137 e. The number of halogens is 1. The van der Waals surface area contributed by atoms with Crippen LogP contribution in [0, 0.1) is 17.2 Å². The summed E-state index contributed by atoms with van der Waals surface area (Å²) in [5.74, 6) is 1.53. The highest BCUT2D eigenvalue weighted by Crippen LogP contribution is 2.29. The van der Waals surface area contributed by atoms with Crippen molar-refractivity contribution in [3.63, 3.8) is 0 Å². The second-order valence-corrected chi connectivity index (χ2v) is 5.67. The van der Waals surface area contributed by atoms with Crippen molar-refractivity contribution in [1.82, 2.24) is 0 Å². The van der Waals surface area contributed by atoms with E-state index in [1.807, 2.05) is 12.1 Å². The average Bonchev–Trinajstić information content (AvgIpc) is 2.34. The molecule has 0 amide bonds. The fraction of sp³-hybridized carbons (Fsp3) is 0.500. The summed E-state index contributed by atoms with van der Waals surface area (Å²) < 4.78 is 6.85. The topological polar surface area (TPSA) is 33.0 Å². The van der Waals surface area contributed by atoms with E-state index in [1.165, 1.54) is 12.8 Å². The van der Waals surface area contributed by atoms with E-state index in [0.29, 0.717) is 5.56 Å². The maximum absolute atomic E-state index is 9.06. The van der Waals surface area contributed by atoms with Crippen LogP contribution in [0.15, 0.2) is 22.7 Å². The molecule has 0 N–H and O–H groups in total. The second kappa shape index (κ2) is 5.55. The van der Waals surface area contributed by atoms with E-state index < -0.39 is 0 Å². The summed E-state index contributed by atoms with van der Waals surface area (Å²) in [5.41, 5.74) is 0.609. The van der Waals surface area contributed by atoms with E-state index in [0.717, 1.165) is 29.0 Å². The number of rotatable bonds is 2. The van der Waals surface area contributed by atoms with Crippen LogP contribution >= 0.6 is 15.9 Å². The van der Waals surface area contributed by atoms with Crippen molar-refractivity contribution in [1.29, 1.82) is 5.26 Å². The monoisotopic (exact) mass is 293 g/mol. The lowest BCUT2D eigenvalue weighted by atomic mass is 9.89. The molecule has 90 valence electrons. The Bertz CT molecular complexity index is 430. The Morgan fingerprint density at radius 3 is 2.65 bits per heavy atom. The third-order valence-electron chi connectivity index (χ3n) is 3.32. The van der Waals surface area contributed by atoms with Crippen LogP contribution in [0.1, 0.15) is 38.2 Å². The van der Waals surface area contributed by atoms with Crippen molar-refractivity contribution in [2.45, 2.75) is 38.7 Å². The lowest BCUT2D eigenvalue weighted by Gasteiger charge is -2.27. The summed E-state index contributed by atoms with van der Waals surface area (Å²) in [6, 6.07) is 7.78. The molecule has 0 spiro atoms. The molecule has 1 aromatic carbocycles. The molecule has 0 heterocycles. The summed E-state index contributed by atoms with van der Waals surface area (Å²) in [6.07, 6.45) is 4.93. The minimum atomic E-state index is 0.277. The molecule has 0 bridgehead atoms. The maximum atomic E-state index is 9.06. The molecule has 0 atom stereocenters. The minimum absolute atomic E-state index is 0.277. The third-order valence-corrected chi connectivity index (χ3v) is 3.81. The standard InChI is InChI=1S/C14H16BrNO/c1-10-2-5-13(6-3-10)17-14-7-4-12(15)8-11(14)9-16/h4,7-8,10,13H,2-3,5-6H2,1H3. The first-order valence-corrected chi connectivity index (χ1v) is 6.84. The number of nitrogens with zero attached hydrogens (tertiary/aromatic N) is 1. The first-order valence-electron chi connectivity index (χ1n) is 6.05. The van der Waals surface area contributed by atoms with Gasteiger partial charge in [0, 0.05) is 4.47 Å². The van der Waals surface area contributed by atoms with Crippen LogP contribution in [0.5, 0.6) is 5.75 Å². The highest BCUT2D eigenvalue weighted by atomic mass is 79.9. The number of benzene rings is 1. The van der Waals surface area contributed by atoms with E-state index in [-0.39, 0.29) is 6.10 Å². The van der Waals surface area contributed by atoms with Gasteiger partial charge >= 0.3 is 0 Å². The van der Waals surface area contributed by atoms with E-state index >= 15 is 0 Å². The Kier molecular flexibility index (Phi) is 4.06. The van der Waals surface area contributed by atoms with Gasteiger partial charge in [0.1, 0.15) is 11.8 Å².